The van der Waals surface area contributed by atoms with Crippen molar-refractivity contribution in [3.05, 3.63) is 76.0 Å². The van der Waals surface area contributed by atoms with Crippen LogP contribution in [0.5, 0.6) is 17.2 Å². The molecule has 0 spiro atoms. The molecule has 7 heteroatoms. The SMILES string of the molecule is COc1ccc(C2(c3ccc(O)cc3O)CC(c3cccs3)NC(=S)N2)cc1. The van der Waals surface area contributed by atoms with Crippen LogP contribution in [0.25, 0.3) is 0 Å². The molecule has 4 rings (SSSR count). The van der Waals surface area contributed by atoms with Gasteiger partial charge in [0, 0.05) is 22.9 Å². The minimum Gasteiger partial charge on any atom is -0.508 e. The largest absolute Gasteiger partial charge is 0.508 e. The van der Waals surface area contributed by atoms with Crippen LogP contribution in [0.4, 0.5) is 0 Å². The number of thiophene rings is 1. The molecular weight excluding hydrogens is 392 g/mol. The van der Waals surface area contributed by atoms with Crippen LogP contribution in [0.3, 0.4) is 0 Å². The van der Waals surface area contributed by atoms with Gasteiger partial charge in [-0.3, -0.25) is 0 Å². The topological polar surface area (TPSA) is 73.8 Å². The van der Waals surface area contributed by atoms with E-state index in [1.807, 2.05) is 35.7 Å². The van der Waals surface area contributed by atoms with Gasteiger partial charge in [0.2, 0.25) is 0 Å². The Morgan fingerprint density at radius 1 is 1.14 bits per heavy atom. The highest BCUT2D eigenvalue weighted by Crippen LogP contribution is 2.45. The predicted octanol–water partition coefficient (Wildman–Crippen LogP) is 4.02. The lowest BCUT2D eigenvalue weighted by Gasteiger charge is -2.44. The summed E-state index contributed by atoms with van der Waals surface area (Å²) >= 11 is 7.21. The third kappa shape index (κ3) is 3.27. The third-order valence-electron chi connectivity index (χ3n) is 5.05. The number of phenols is 2. The van der Waals surface area contributed by atoms with E-state index in [0.29, 0.717) is 17.1 Å². The Labute approximate surface area is 172 Å². The van der Waals surface area contributed by atoms with Crippen LogP contribution in [0.1, 0.15) is 28.5 Å². The highest BCUT2D eigenvalue weighted by molar-refractivity contribution is 7.80. The Hall–Kier alpha value is -2.77. The minimum absolute atomic E-state index is 0.0101. The molecule has 0 radical (unpaired) electrons. The van der Waals surface area contributed by atoms with Gasteiger partial charge in [-0.25, -0.2) is 0 Å². The number of nitrogens with one attached hydrogen (secondary N) is 2. The lowest BCUT2D eigenvalue weighted by atomic mass is 9.76. The summed E-state index contributed by atoms with van der Waals surface area (Å²) in [5.74, 6) is 0.774. The Bertz CT molecular complexity index is 989. The summed E-state index contributed by atoms with van der Waals surface area (Å²) in [4.78, 5) is 1.17. The van der Waals surface area contributed by atoms with Crippen LogP contribution in [-0.2, 0) is 5.54 Å². The van der Waals surface area contributed by atoms with Crippen molar-refractivity contribution in [2.45, 2.75) is 18.0 Å². The van der Waals surface area contributed by atoms with Crippen molar-refractivity contribution in [1.29, 1.82) is 0 Å². The molecular formula is C21H20N2O3S2. The molecule has 144 valence electrons. The second-order valence-corrected chi connectivity index (χ2v) is 8.09. The fraction of sp³-hybridized carbons (Fsp3) is 0.190. The summed E-state index contributed by atoms with van der Waals surface area (Å²) in [5.41, 5.74) is 0.835. The Balaban J connectivity index is 1.88. The van der Waals surface area contributed by atoms with E-state index in [9.17, 15) is 10.2 Å². The number of aromatic hydroxyl groups is 2. The zero-order valence-corrected chi connectivity index (χ0v) is 16.8. The standard InChI is InChI=1S/C21H20N2O3S2/c1-26-15-7-4-13(5-8-15)21(16-9-6-14(24)11-18(16)25)12-17(22-20(27)23-21)19-3-2-10-28-19/h2-11,17,24-25H,12H2,1H3,(H2,22,23,27). The maximum Gasteiger partial charge on any atom is 0.167 e. The Morgan fingerprint density at radius 2 is 1.93 bits per heavy atom. The molecule has 2 aromatic carbocycles. The first-order valence-electron chi connectivity index (χ1n) is 8.81. The van der Waals surface area contributed by atoms with Crippen molar-refractivity contribution in [3.8, 4) is 17.2 Å². The van der Waals surface area contributed by atoms with Crippen LogP contribution in [-0.4, -0.2) is 22.4 Å². The first kappa shape index (κ1) is 18.6. The molecule has 0 bridgehead atoms. The van der Waals surface area contributed by atoms with E-state index in [-0.39, 0.29) is 17.5 Å². The van der Waals surface area contributed by atoms with E-state index < -0.39 is 5.54 Å². The van der Waals surface area contributed by atoms with E-state index in [1.54, 1.807) is 30.6 Å². The number of hydrogen-bond donors (Lipinski definition) is 4. The van der Waals surface area contributed by atoms with Crippen molar-refractivity contribution >= 4 is 28.7 Å². The number of benzene rings is 2. The smallest absolute Gasteiger partial charge is 0.167 e. The zero-order chi connectivity index (χ0) is 19.7. The van der Waals surface area contributed by atoms with Crippen molar-refractivity contribution < 1.29 is 14.9 Å². The van der Waals surface area contributed by atoms with Crippen molar-refractivity contribution in [2.24, 2.45) is 0 Å². The van der Waals surface area contributed by atoms with Crippen LogP contribution >= 0.6 is 23.6 Å². The molecule has 3 aromatic rings. The van der Waals surface area contributed by atoms with E-state index in [2.05, 4.69) is 16.7 Å². The van der Waals surface area contributed by atoms with Gasteiger partial charge < -0.3 is 25.6 Å². The van der Waals surface area contributed by atoms with Gasteiger partial charge in [-0.05, 0) is 53.5 Å². The summed E-state index contributed by atoms with van der Waals surface area (Å²) in [6, 6.07) is 16.5. The minimum atomic E-state index is -0.763. The molecule has 5 nitrogen and oxygen atoms in total. The monoisotopic (exact) mass is 412 g/mol. The quantitative estimate of drug-likeness (QED) is 0.485. The molecule has 1 aromatic heterocycles. The lowest BCUT2D eigenvalue weighted by molar-refractivity contribution is 0.332. The number of thiocarbonyl (C=S) groups is 1. The third-order valence-corrected chi connectivity index (χ3v) is 6.26. The highest BCUT2D eigenvalue weighted by Gasteiger charge is 2.43. The van der Waals surface area contributed by atoms with Gasteiger partial charge in [-0.15, -0.1) is 11.3 Å². The van der Waals surface area contributed by atoms with Crippen molar-refractivity contribution in [1.82, 2.24) is 10.6 Å². The summed E-state index contributed by atoms with van der Waals surface area (Å²) in [6.45, 7) is 0. The van der Waals surface area contributed by atoms with E-state index in [4.69, 9.17) is 17.0 Å². The summed E-state index contributed by atoms with van der Waals surface area (Å²) < 4.78 is 5.30. The summed E-state index contributed by atoms with van der Waals surface area (Å²) in [6.07, 6.45) is 0.623. The average molecular weight is 413 g/mol. The molecule has 2 heterocycles. The molecule has 2 unspecified atom stereocenters. The molecule has 1 aliphatic rings. The van der Waals surface area contributed by atoms with E-state index in [1.165, 1.54) is 10.9 Å². The van der Waals surface area contributed by atoms with Crippen LogP contribution in [0, 0.1) is 0 Å². The van der Waals surface area contributed by atoms with Gasteiger partial charge in [0.25, 0.3) is 0 Å². The molecule has 28 heavy (non-hydrogen) atoms. The van der Waals surface area contributed by atoms with Crippen molar-refractivity contribution in [2.75, 3.05) is 7.11 Å². The fourth-order valence-corrected chi connectivity index (χ4v) is 4.83. The van der Waals surface area contributed by atoms with Crippen LogP contribution in [0.2, 0.25) is 0 Å². The molecule has 1 saturated heterocycles. The Kier molecular flexibility index (Phi) is 4.87. The van der Waals surface area contributed by atoms with Gasteiger partial charge in [-0.2, -0.15) is 0 Å². The highest BCUT2D eigenvalue weighted by atomic mass is 32.1. The van der Waals surface area contributed by atoms with Crippen LogP contribution < -0.4 is 15.4 Å². The van der Waals surface area contributed by atoms with Gasteiger partial charge in [-0.1, -0.05) is 18.2 Å². The normalized spacial score (nSPS) is 21.6. The molecule has 0 aliphatic carbocycles. The first-order chi connectivity index (χ1) is 13.5. The van der Waals surface area contributed by atoms with E-state index >= 15 is 0 Å². The number of phenolic OH excluding ortho intramolecular Hbond substituents is 2. The zero-order valence-electron chi connectivity index (χ0n) is 15.2. The molecule has 1 fully saturated rings. The Morgan fingerprint density at radius 3 is 2.57 bits per heavy atom. The number of ether oxygens (including phenoxy) is 1. The maximum atomic E-state index is 10.7. The van der Waals surface area contributed by atoms with Gasteiger partial charge >= 0.3 is 0 Å². The molecule has 1 aliphatic heterocycles. The van der Waals surface area contributed by atoms with Gasteiger partial charge in [0.05, 0.1) is 18.7 Å². The van der Waals surface area contributed by atoms with Crippen LogP contribution in [0.15, 0.2) is 60.0 Å². The summed E-state index contributed by atoms with van der Waals surface area (Å²) in [7, 11) is 1.63. The summed E-state index contributed by atoms with van der Waals surface area (Å²) in [5, 5.41) is 29.7. The lowest BCUT2D eigenvalue weighted by Crippen LogP contribution is -2.57. The second kappa shape index (κ2) is 7.33. The molecule has 0 saturated carbocycles. The average Bonchev–Trinajstić information content (AvgIpc) is 3.22. The maximum absolute atomic E-state index is 10.7. The fourth-order valence-electron chi connectivity index (χ4n) is 3.74. The van der Waals surface area contributed by atoms with Gasteiger partial charge in [0.15, 0.2) is 5.11 Å². The predicted molar refractivity (Wildman–Crippen MR) is 114 cm³/mol. The second-order valence-electron chi connectivity index (χ2n) is 6.71. The van der Waals surface area contributed by atoms with Gasteiger partial charge in [0.1, 0.15) is 17.2 Å². The number of methoxy groups -OCH3 is 1. The number of hydrogen-bond acceptors (Lipinski definition) is 5. The molecule has 4 N–H and O–H groups in total. The molecule has 2 atom stereocenters. The molecule has 0 amide bonds. The van der Waals surface area contributed by atoms with Crippen molar-refractivity contribution in [3.63, 3.8) is 0 Å². The van der Waals surface area contributed by atoms with E-state index in [0.717, 1.165) is 11.3 Å². The number of rotatable bonds is 4. The first-order valence-corrected chi connectivity index (χ1v) is 10.1.